The summed E-state index contributed by atoms with van der Waals surface area (Å²) in [6, 6.07) is 17.6. The van der Waals surface area contributed by atoms with Gasteiger partial charge in [-0.3, -0.25) is 9.69 Å². The highest BCUT2D eigenvalue weighted by molar-refractivity contribution is 7.18. The number of anilines is 1. The molecule has 2 aliphatic rings. The Morgan fingerprint density at radius 3 is 2.48 bits per heavy atom. The molecule has 0 aliphatic carbocycles. The lowest BCUT2D eigenvalue weighted by molar-refractivity contribution is -0.138. The summed E-state index contributed by atoms with van der Waals surface area (Å²) in [5, 5.41) is 4.07. The SMILES string of the molecule is O=C(Nc1ccccc1)N1CCCC(C(=O)N2CCN(Cc3nc4ccccc4s3)CC2)C1. The third kappa shape index (κ3) is 5.17. The third-order valence-electron chi connectivity index (χ3n) is 6.46. The molecule has 1 unspecified atom stereocenters. The summed E-state index contributed by atoms with van der Waals surface area (Å²) in [7, 11) is 0. The lowest BCUT2D eigenvalue weighted by Gasteiger charge is -2.38. The number of carbonyl (C=O) groups excluding carboxylic acids is 2. The van der Waals surface area contributed by atoms with Crippen LogP contribution < -0.4 is 5.32 Å². The highest BCUT2D eigenvalue weighted by atomic mass is 32.1. The molecule has 0 spiro atoms. The van der Waals surface area contributed by atoms with E-state index in [0.29, 0.717) is 13.1 Å². The molecule has 0 saturated carbocycles. The van der Waals surface area contributed by atoms with E-state index < -0.39 is 0 Å². The first-order chi connectivity index (χ1) is 16.2. The quantitative estimate of drug-likeness (QED) is 0.638. The van der Waals surface area contributed by atoms with E-state index in [1.54, 1.807) is 16.2 Å². The largest absolute Gasteiger partial charge is 0.340 e. The van der Waals surface area contributed by atoms with Crippen molar-refractivity contribution >= 4 is 39.2 Å². The van der Waals surface area contributed by atoms with Crippen molar-refractivity contribution < 1.29 is 9.59 Å². The van der Waals surface area contributed by atoms with Gasteiger partial charge in [0, 0.05) is 45.0 Å². The Kier molecular flexibility index (Phi) is 6.55. The van der Waals surface area contributed by atoms with Gasteiger partial charge in [0.25, 0.3) is 0 Å². The first-order valence-corrected chi connectivity index (χ1v) is 12.4. The van der Waals surface area contributed by atoms with Crippen LogP contribution in [0.4, 0.5) is 10.5 Å². The summed E-state index contributed by atoms with van der Waals surface area (Å²) < 4.78 is 1.22. The molecule has 7 nitrogen and oxygen atoms in total. The Morgan fingerprint density at radius 2 is 1.70 bits per heavy atom. The first kappa shape index (κ1) is 21.9. The lowest BCUT2D eigenvalue weighted by Crippen LogP contribution is -2.53. The number of hydrogen-bond acceptors (Lipinski definition) is 5. The second-order valence-corrected chi connectivity index (χ2v) is 9.87. The molecule has 3 heterocycles. The van der Waals surface area contributed by atoms with Crippen molar-refractivity contribution in [1.29, 1.82) is 0 Å². The van der Waals surface area contributed by atoms with Gasteiger partial charge in [-0.25, -0.2) is 9.78 Å². The molecule has 33 heavy (non-hydrogen) atoms. The van der Waals surface area contributed by atoms with Crippen LogP contribution in [0.1, 0.15) is 17.8 Å². The normalized spacial score (nSPS) is 19.6. The van der Waals surface area contributed by atoms with E-state index in [9.17, 15) is 9.59 Å². The molecule has 5 rings (SSSR count). The molecule has 1 aromatic heterocycles. The summed E-state index contributed by atoms with van der Waals surface area (Å²) in [4.78, 5) is 36.8. The minimum Gasteiger partial charge on any atom is -0.340 e. The number of thiazole rings is 1. The molecule has 3 aromatic rings. The number of rotatable bonds is 4. The highest BCUT2D eigenvalue weighted by Gasteiger charge is 2.32. The smallest absolute Gasteiger partial charge is 0.321 e. The number of urea groups is 1. The number of para-hydroxylation sites is 2. The summed E-state index contributed by atoms with van der Waals surface area (Å²) in [6.45, 7) is 5.19. The van der Waals surface area contributed by atoms with E-state index in [1.165, 1.54) is 4.70 Å². The molecule has 3 amide bonds. The average molecular weight is 464 g/mol. The Morgan fingerprint density at radius 1 is 0.939 bits per heavy atom. The number of hydrogen-bond donors (Lipinski definition) is 1. The Hall–Kier alpha value is -2.97. The van der Waals surface area contributed by atoms with Crippen molar-refractivity contribution in [3.8, 4) is 0 Å². The van der Waals surface area contributed by atoms with E-state index in [4.69, 9.17) is 4.98 Å². The minimum absolute atomic E-state index is 0.115. The molecule has 8 heteroatoms. The van der Waals surface area contributed by atoms with Crippen molar-refractivity contribution in [3.63, 3.8) is 0 Å². The van der Waals surface area contributed by atoms with Crippen LogP contribution in [0.3, 0.4) is 0 Å². The molecule has 0 bridgehead atoms. The lowest BCUT2D eigenvalue weighted by atomic mass is 9.96. The maximum absolute atomic E-state index is 13.2. The number of piperazine rings is 1. The number of nitrogens with zero attached hydrogens (tertiary/aromatic N) is 4. The second-order valence-electron chi connectivity index (χ2n) is 8.76. The monoisotopic (exact) mass is 463 g/mol. The summed E-state index contributed by atoms with van der Waals surface area (Å²) in [5.74, 6) is 0.0722. The van der Waals surface area contributed by atoms with Crippen LogP contribution in [0, 0.1) is 5.92 Å². The third-order valence-corrected chi connectivity index (χ3v) is 7.49. The molecule has 2 aromatic carbocycles. The Balaban J connectivity index is 1.12. The van der Waals surface area contributed by atoms with E-state index in [-0.39, 0.29) is 17.9 Å². The average Bonchev–Trinajstić information content (AvgIpc) is 3.27. The van der Waals surface area contributed by atoms with Crippen molar-refractivity contribution in [1.82, 2.24) is 19.7 Å². The highest BCUT2D eigenvalue weighted by Crippen LogP contribution is 2.24. The summed E-state index contributed by atoms with van der Waals surface area (Å²) >= 11 is 1.75. The predicted molar refractivity (Wildman–Crippen MR) is 131 cm³/mol. The number of benzene rings is 2. The Labute approximate surface area is 198 Å². The van der Waals surface area contributed by atoms with E-state index in [1.807, 2.05) is 47.4 Å². The topological polar surface area (TPSA) is 68.8 Å². The number of piperidine rings is 1. The van der Waals surface area contributed by atoms with E-state index in [0.717, 1.165) is 61.8 Å². The Bertz CT molecular complexity index is 1080. The summed E-state index contributed by atoms with van der Waals surface area (Å²) in [6.07, 6.45) is 1.70. The number of carbonyl (C=O) groups is 2. The molecule has 2 saturated heterocycles. The van der Waals surface area contributed by atoms with Gasteiger partial charge in [0.05, 0.1) is 22.7 Å². The van der Waals surface area contributed by atoms with Gasteiger partial charge >= 0.3 is 6.03 Å². The number of aromatic nitrogens is 1. The fraction of sp³-hybridized carbons (Fsp3) is 0.400. The molecule has 1 atom stereocenters. The van der Waals surface area contributed by atoms with E-state index >= 15 is 0 Å². The van der Waals surface area contributed by atoms with Crippen LogP contribution in [0.5, 0.6) is 0 Å². The van der Waals surface area contributed by atoms with Gasteiger partial charge in [-0.05, 0) is 37.1 Å². The predicted octanol–water partition coefficient (Wildman–Crippen LogP) is 3.88. The van der Waals surface area contributed by atoms with Crippen molar-refractivity contribution in [2.75, 3.05) is 44.6 Å². The van der Waals surface area contributed by atoms with Gasteiger partial charge < -0.3 is 15.1 Å². The molecule has 2 aliphatic heterocycles. The summed E-state index contributed by atoms with van der Waals surface area (Å²) in [5.41, 5.74) is 1.84. The fourth-order valence-corrected chi connectivity index (χ4v) is 5.66. The zero-order chi connectivity index (χ0) is 22.6. The van der Waals surface area contributed by atoms with Crippen LogP contribution >= 0.6 is 11.3 Å². The van der Waals surface area contributed by atoms with Crippen molar-refractivity contribution in [2.24, 2.45) is 5.92 Å². The molecular weight excluding hydrogens is 434 g/mol. The standard InChI is InChI=1S/C25H29N5O2S/c31-24(19-7-6-12-30(17-19)25(32)26-20-8-2-1-3-9-20)29-15-13-28(14-16-29)18-23-27-21-10-4-5-11-22(21)33-23/h1-5,8-11,19H,6-7,12-18H2,(H,26,32). The van der Waals surface area contributed by atoms with E-state index in [2.05, 4.69) is 22.3 Å². The van der Waals surface area contributed by atoms with Crippen LogP contribution in [0.25, 0.3) is 10.2 Å². The van der Waals surface area contributed by atoms with Gasteiger partial charge in [0.1, 0.15) is 5.01 Å². The van der Waals surface area contributed by atoms with Crippen LogP contribution in [0.2, 0.25) is 0 Å². The second kappa shape index (κ2) is 9.89. The molecule has 2 fully saturated rings. The zero-order valence-electron chi connectivity index (χ0n) is 18.7. The van der Waals surface area contributed by atoms with Gasteiger partial charge in [-0.2, -0.15) is 0 Å². The van der Waals surface area contributed by atoms with Crippen LogP contribution in [-0.2, 0) is 11.3 Å². The maximum atomic E-state index is 13.2. The van der Waals surface area contributed by atoms with Crippen LogP contribution in [-0.4, -0.2) is 70.9 Å². The van der Waals surface area contributed by atoms with Gasteiger partial charge in [0.2, 0.25) is 5.91 Å². The molecule has 1 N–H and O–H groups in total. The van der Waals surface area contributed by atoms with Gasteiger partial charge in [0.15, 0.2) is 0 Å². The van der Waals surface area contributed by atoms with Gasteiger partial charge in [-0.15, -0.1) is 11.3 Å². The number of fused-ring (bicyclic) bond motifs is 1. The van der Waals surface area contributed by atoms with Crippen LogP contribution in [0.15, 0.2) is 54.6 Å². The number of nitrogens with one attached hydrogen (secondary N) is 1. The van der Waals surface area contributed by atoms with Crippen molar-refractivity contribution in [3.05, 3.63) is 59.6 Å². The van der Waals surface area contributed by atoms with Crippen molar-refractivity contribution in [2.45, 2.75) is 19.4 Å². The fourth-order valence-electron chi connectivity index (χ4n) is 4.65. The maximum Gasteiger partial charge on any atom is 0.321 e. The molecule has 0 radical (unpaired) electrons. The molecular formula is C25H29N5O2S. The van der Waals surface area contributed by atoms with Gasteiger partial charge in [-0.1, -0.05) is 30.3 Å². The zero-order valence-corrected chi connectivity index (χ0v) is 19.5. The number of likely N-dealkylation sites (tertiary alicyclic amines) is 1. The minimum atomic E-state index is -0.126. The number of amides is 3. The molecule has 172 valence electrons. The first-order valence-electron chi connectivity index (χ1n) is 11.6.